The quantitative estimate of drug-likeness (QED) is 0.671. The highest BCUT2D eigenvalue weighted by atomic mass is 16.5. The lowest BCUT2D eigenvalue weighted by molar-refractivity contribution is -0.120. The van der Waals surface area contributed by atoms with Crippen molar-refractivity contribution in [1.29, 1.82) is 0 Å². The molecule has 0 radical (unpaired) electrons. The van der Waals surface area contributed by atoms with Crippen molar-refractivity contribution in [2.75, 3.05) is 19.0 Å². The Hall–Kier alpha value is -3.28. The molecule has 1 heterocycles. The maximum atomic E-state index is 12.4. The molecule has 1 aliphatic carbocycles. The fourth-order valence-corrected chi connectivity index (χ4v) is 3.72. The van der Waals surface area contributed by atoms with Crippen molar-refractivity contribution < 1.29 is 18.7 Å². The zero-order valence-corrected chi connectivity index (χ0v) is 16.4. The molecular formula is C23H24N2O4. The second-order valence-corrected chi connectivity index (χ2v) is 7.21. The van der Waals surface area contributed by atoms with Crippen LogP contribution < -0.4 is 15.4 Å². The highest BCUT2D eigenvalue weighted by Crippen LogP contribution is 2.33. The Morgan fingerprint density at radius 3 is 2.76 bits per heavy atom. The molecule has 4 rings (SSSR count). The molecule has 2 aromatic carbocycles. The number of furan rings is 1. The second-order valence-electron chi connectivity index (χ2n) is 7.21. The number of rotatable bonds is 6. The Labute approximate surface area is 169 Å². The zero-order valence-electron chi connectivity index (χ0n) is 16.4. The molecule has 0 saturated heterocycles. The van der Waals surface area contributed by atoms with Crippen molar-refractivity contribution in [3.8, 4) is 5.75 Å². The van der Waals surface area contributed by atoms with E-state index in [0.29, 0.717) is 11.4 Å². The average molecular weight is 392 g/mol. The maximum absolute atomic E-state index is 12.4. The molecule has 6 heteroatoms. The van der Waals surface area contributed by atoms with Crippen LogP contribution >= 0.6 is 0 Å². The predicted molar refractivity (Wildman–Crippen MR) is 111 cm³/mol. The van der Waals surface area contributed by atoms with Crippen molar-refractivity contribution in [1.82, 2.24) is 5.32 Å². The van der Waals surface area contributed by atoms with E-state index in [1.54, 1.807) is 13.1 Å². The Bertz CT molecular complexity index is 1050. The van der Waals surface area contributed by atoms with Crippen LogP contribution in [0.4, 0.5) is 5.69 Å². The first-order valence-electron chi connectivity index (χ1n) is 9.89. The number of carbonyl (C=O) groups is 2. The molecule has 150 valence electrons. The number of amides is 2. The fourth-order valence-electron chi connectivity index (χ4n) is 3.72. The van der Waals surface area contributed by atoms with E-state index in [2.05, 4.69) is 10.6 Å². The lowest BCUT2D eigenvalue weighted by atomic mass is 9.96. The minimum absolute atomic E-state index is 0.111. The molecule has 1 aliphatic rings. The SMILES string of the molecule is CNC(=O)Cc1ccccc1NC(=O)COc1ccc2oc3c(c2c1)CCCC3. The molecule has 2 N–H and O–H groups in total. The first kappa shape index (κ1) is 19.1. The summed E-state index contributed by atoms with van der Waals surface area (Å²) in [6, 6.07) is 12.9. The van der Waals surface area contributed by atoms with Gasteiger partial charge in [-0.05, 0) is 49.1 Å². The molecule has 2 amide bonds. The Morgan fingerprint density at radius 1 is 1.07 bits per heavy atom. The van der Waals surface area contributed by atoms with Gasteiger partial charge < -0.3 is 19.8 Å². The largest absolute Gasteiger partial charge is 0.484 e. The molecule has 0 fully saturated rings. The normalized spacial score (nSPS) is 13.0. The Morgan fingerprint density at radius 2 is 1.90 bits per heavy atom. The van der Waals surface area contributed by atoms with Crippen LogP contribution in [0.2, 0.25) is 0 Å². The summed E-state index contributed by atoms with van der Waals surface area (Å²) in [5.41, 5.74) is 3.51. The number of anilines is 1. The van der Waals surface area contributed by atoms with E-state index in [0.717, 1.165) is 41.6 Å². The summed E-state index contributed by atoms with van der Waals surface area (Å²) >= 11 is 0. The number of hydrogen-bond acceptors (Lipinski definition) is 4. The first-order chi connectivity index (χ1) is 14.1. The molecule has 3 aromatic rings. The summed E-state index contributed by atoms with van der Waals surface area (Å²) in [5.74, 6) is 1.33. The highest BCUT2D eigenvalue weighted by molar-refractivity contribution is 5.93. The van der Waals surface area contributed by atoms with Gasteiger partial charge in [-0.2, -0.15) is 0 Å². The third-order valence-electron chi connectivity index (χ3n) is 5.22. The topological polar surface area (TPSA) is 80.6 Å². The fraction of sp³-hybridized carbons (Fsp3) is 0.304. The van der Waals surface area contributed by atoms with Gasteiger partial charge in [-0.25, -0.2) is 0 Å². The summed E-state index contributed by atoms with van der Waals surface area (Å²) < 4.78 is 11.7. The standard InChI is InChI=1S/C23H24N2O4/c1-24-22(26)12-15-6-2-4-8-19(15)25-23(27)14-28-16-10-11-21-18(13-16)17-7-3-5-9-20(17)29-21/h2,4,6,8,10-11,13H,3,5,7,9,12,14H2,1H3,(H,24,26)(H,25,27). The van der Waals surface area contributed by atoms with Crippen LogP contribution in [-0.4, -0.2) is 25.5 Å². The van der Waals surface area contributed by atoms with E-state index < -0.39 is 0 Å². The number of benzene rings is 2. The van der Waals surface area contributed by atoms with Gasteiger partial charge in [-0.15, -0.1) is 0 Å². The summed E-state index contributed by atoms with van der Waals surface area (Å²) in [6.07, 6.45) is 4.55. The van der Waals surface area contributed by atoms with Crippen molar-refractivity contribution in [2.24, 2.45) is 0 Å². The first-order valence-corrected chi connectivity index (χ1v) is 9.89. The van der Waals surface area contributed by atoms with Crippen LogP contribution in [0, 0.1) is 0 Å². The Balaban J connectivity index is 1.42. The molecule has 0 bridgehead atoms. The van der Waals surface area contributed by atoms with Crippen LogP contribution in [0.15, 0.2) is 46.9 Å². The smallest absolute Gasteiger partial charge is 0.262 e. The summed E-state index contributed by atoms with van der Waals surface area (Å²) in [5, 5.41) is 6.50. The molecule has 0 aliphatic heterocycles. The summed E-state index contributed by atoms with van der Waals surface area (Å²) in [4.78, 5) is 24.0. The number of nitrogens with one attached hydrogen (secondary N) is 2. The molecule has 0 saturated carbocycles. The number of para-hydroxylation sites is 1. The van der Waals surface area contributed by atoms with Gasteiger partial charge in [0.2, 0.25) is 5.91 Å². The van der Waals surface area contributed by atoms with Crippen LogP contribution in [-0.2, 0) is 28.9 Å². The molecule has 0 unspecified atom stereocenters. The average Bonchev–Trinajstić information content (AvgIpc) is 3.11. The minimum Gasteiger partial charge on any atom is -0.484 e. The number of aryl methyl sites for hydroxylation is 2. The van der Waals surface area contributed by atoms with Crippen LogP contribution in [0.3, 0.4) is 0 Å². The van der Waals surface area contributed by atoms with Crippen LogP contribution in [0.25, 0.3) is 11.0 Å². The van der Waals surface area contributed by atoms with Crippen LogP contribution in [0.1, 0.15) is 29.7 Å². The predicted octanol–water partition coefficient (Wildman–Crippen LogP) is 3.62. The maximum Gasteiger partial charge on any atom is 0.262 e. The third kappa shape index (κ3) is 4.26. The van der Waals surface area contributed by atoms with E-state index in [1.807, 2.05) is 36.4 Å². The monoisotopic (exact) mass is 392 g/mol. The van der Waals surface area contributed by atoms with E-state index in [4.69, 9.17) is 9.15 Å². The van der Waals surface area contributed by atoms with Gasteiger partial charge in [0.25, 0.3) is 5.91 Å². The van der Waals surface area contributed by atoms with E-state index in [-0.39, 0.29) is 24.8 Å². The van der Waals surface area contributed by atoms with Crippen molar-refractivity contribution >= 4 is 28.5 Å². The van der Waals surface area contributed by atoms with E-state index in [1.165, 1.54) is 12.0 Å². The van der Waals surface area contributed by atoms with Gasteiger partial charge in [-0.1, -0.05) is 18.2 Å². The van der Waals surface area contributed by atoms with Gasteiger partial charge >= 0.3 is 0 Å². The van der Waals surface area contributed by atoms with Gasteiger partial charge in [-0.3, -0.25) is 9.59 Å². The molecule has 0 spiro atoms. The van der Waals surface area contributed by atoms with E-state index in [9.17, 15) is 9.59 Å². The molecule has 6 nitrogen and oxygen atoms in total. The number of fused-ring (bicyclic) bond motifs is 3. The zero-order chi connectivity index (χ0) is 20.2. The number of likely N-dealkylation sites (N-methyl/N-ethyl adjacent to an activating group) is 1. The highest BCUT2D eigenvalue weighted by Gasteiger charge is 2.18. The summed E-state index contributed by atoms with van der Waals surface area (Å²) in [7, 11) is 1.59. The van der Waals surface area contributed by atoms with Crippen molar-refractivity contribution in [2.45, 2.75) is 32.1 Å². The Kier molecular flexibility index (Phi) is 5.51. The third-order valence-corrected chi connectivity index (χ3v) is 5.22. The van der Waals surface area contributed by atoms with Crippen molar-refractivity contribution in [3.05, 3.63) is 59.4 Å². The van der Waals surface area contributed by atoms with Crippen molar-refractivity contribution in [3.63, 3.8) is 0 Å². The van der Waals surface area contributed by atoms with Gasteiger partial charge in [0.15, 0.2) is 6.61 Å². The van der Waals surface area contributed by atoms with Gasteiger partial charge in [0.1, 0.15) is 17.1 Å². The molecular weight excluding hydrogens is 368 g/mol. The molecule has 1 aromatic heterocycles. The second kappa shape index (κ2) is 8.39. The van der Waals surface area contributed by atoms with E-state index >= 15 is 0 Å². The molecule has 29 heavy (non-hydrogen) atoms. The van der Waals surface area contributed by atoms with Gasteiger partial charge in [0.05, 0.1) is 6.42 Å². The van der Waals surface area contributed by atoms with Crippen LogP contribution in [0.5, 0.6) is 5.75 Å². The lowest BCUT2D eigenvalue weighted by Crippen LogP contribution is -2.23. The summed E-state index contributed by atoms with van der Waals surface area (Å²) in [6.45, 7) is -0.111. The minimum atomic E-state index is -0.274. The van der Waals surface area contributed by atoms with Gasteiger partial charge in [0, 0.05) is 30.1 Å². The number of ether oxygens (including phenoxy) is 1. The number of carbonyl (C=O) groups excluding carboxylic acids is 2. The lowest BCUT2D eigenvalue weighted by Gasteiger charge is -2.12. The number of hydrogen-bond donors (Lipinski definition) is 2. The molecule has 0 atom stereocenters.